The van der Waals surface area contributed by atoms with E-state index in [0.29, 0.717) is 28.7 Å². The zero-order chi connectivity index (χ0) is 15.2. The normalized spacial score (nSPS) is 19.9. The van der Waals surface area contributed by atoms with Gasteiger partial charge in [0.05, 0.1) is 22.6 Å². The number of rotatable bonds is 4. The molecule has 0 unspecified atom stereocenters. The van der Waals surface area contributed by atoms with E-state index in [1.54, 1.807) is 10.7 Å². The van der Waals surface area contributed by atoms with Crippen LogP contribution in [0.5, 0.6) is 0 Å². The van der Waals surface area contributed by atoms with Gasteiger partial charge in [0.25, 0.3) is 0 Å². The molecule has 1 N–H and O–H groups in total. The van der Waals surface area contributed by atoms with Crippen molar-refractivity contribution in [2.24, 2.45) is 5.41 Å². The second kappa shape index (κ2) is 5.32. The summed E-state index contributed by atoms with van der Waals surface area (Å²) in [6.07, 6.45) is 8.65. The molecule has 1 aromatic carbocycles. The van der Waals surface area contributed by atoms with Crippen LogP contribution in [0, 0.1) is 11.2 Å². The zero-order valence-electron chi connectivity index (χ0n) is 12.2. The highest BCUT2D eigenvalue weighted by atomic mass is 35.5. The summed E-state index contributed by atoms with van der Waals surface area (Å²) in [6.45, 7) is 0.708. The average molecular weight is 321 g/mol. The number of aromatic nitrogens is 3. The van der Waals surface area contributed by atoms with E-state index in [0.717, 1.165) is 5.69 Å². The van der Waals surface area contributed by atoms with E-state index in [-0.39, 0.29) is 5.82 Å². The van der Waals surface area contributed by atoms with E-state index in [2.05, 4.69) is 15.6 Å². The van der Waals surface area contributed by atoms with E-state index in [9.17, 15) is 4.39 Å². The maximum Gasteiger partial charge on any atom is 0.124 e. The molecule has 4 nitrogen and oxygen atoms in total. The summed E-state index contributed by atoms with van der Waals surface area (Å²) in [4.78, 5) is 0. The number of hydrogen-bond acceptors (Lipinski definition) is 3. The molecule has 0 radical (unpaired) electrons. The van der Waals surface area contributed by atoms with Crippen LogP contribution in [0.15, 0.2) is 24.4 Å². The maximum absolute atomic E-state index is 13.1. The Morgan fingerprint density at radius 1 is 1.36 bits per heavy atom. The highest BCUT2D eigenvalue weighted by Crippen LogP contribution is 2.55. The van der Waals surface area contributed by atoms with Gasteiger partial charge in [-0.3, -0.25) is 0 Å². The van der Waals surface area contributed by atoms with Crippen LogP contribution in [0.3, 0.4) is 0 Å². The summed E-state index contributed by atoms with van der Waals surface area (Å²) in [7, 11) is 0. The van der Waals surface area contributed by atoms with Crippen LogP contribution in [0.4, 0.5) is 4.39 Å². The SMILES string of the molecule is Fc1ccc(-n2cc(CNC3CC4(CCC4)C3)nn2)c(Cl)c1. The molecular weight excluding hydrogens is 303 g/mol. The largest absolute Gasteiger partial charge is 0.308 e. The molecule has 0 saturated heterocycles. The fourth-order valence-corrected chi connectivity index (χ4v) is 3.88. The fraction of sp³-hybridized carbons (Fsp3) is 0.500. The van der Waals surface area contributed by atoms with Gasteiger partial charge in [0.1, 0.15) is 5.82 Å². The van der Waals surface area contributed by atoms with E-state index >= 15 is 0 Å². The minimum Gasteiger partial charge on any atom is -0.308 e. The molecule has 2 fully saturated rings. The molecule has 2 aromatic rings. The molecule has 116 valence electrons. The Hall–Kier alpha value is -1.46. The van der Waals surface area contributed by atoms with Crippen LogP contribution in [0.2, 0.25) is 5.02 Å². The van der Waals surface area contributed by atoms with Gasteiger partial charge < -0.3 is 5.32 Å². The summed E-state index contributed by atoms with van der Waals surface area (Å²) < 4.78 is 14.7. The van der Waals surface area contributed by atoms with Gasteiger partial charge in [-0.25, -0.2) is 9.07 Å². The first-order valence-corrected chi connectivity index (χ1v) is 8.11. The molecule has 1 spiro atoms. The Morgan fingerprint density at radius 3 is 2.86 bits per heavy atom. The first-order valence-electron chi connectivity index (χ1n) is 7.74. The van der Waals surface area contributed by atoms with Crippen molar-refractivity contribution in [1.29, 1.82) is 0 Å². The van der Waals surface area contributed by atoms with Gasteiger partial charge in [-0.2, -0.15) is 0 Å². The lowest BCUT2D eigenvalue weighted by molar-refractivity contribution is -0.00274. The first kappa shape index (κ1) is 14.2. The van der Waals surface area contributed by atoms with Gasteiger partial charge in [-0.05, 0) is 49.3 Å². The van der Waals surface area contributed by atoms with Crippen molar-refractivity contribution >= 4 is 11.6 Å². The molecule has 2 saturated carbocycles. The van der Waals surface area contributed by atoms with Gasteiger partial charge in [0, 0.05) is 12.6 Å². The summed E-state index contributed by atoms with van der Waals surface area (Å²) in [5.74, 6) is -0.356. The van der Waals surface area contributed by atoms with Gasteiger partial charge >= 0.3 is 0 Å². The number of hydrogen-bond donors (Lipinski definition) is 1. The molecule has 2 aliphatic carbocycles. The molecule has 2 aliphatic rings. The molecule has 1 aromatic heterocycles. The molecule has 0 amide bonds. The quantitative estimate of drug-likeness (QED) is 0.938. The third-order valence-electron chi connectivity index (χ3n) is 5.04. The van der Waals surface area contributed by atoms with Gasteiger partial charge in [0.15, 0.2) is 0 Å². The molecule has 0 aliphatic heterocycles. The zero-order valence-corrected chi connectivity index (χ0v) is 13.0. The molecule has 0 bridgehead atoms. The Morgan fingerprint density at radius 2 is 2.18 bits per heavy atom. The molecular formula is C16H18ClFN4. The fourth-order valence-electron chi connectivity index (χ4n) is 3.63. The van der Waals surface area contributed by atoms with Crippen LogP contribution in [-0.4, -0.2) is 21.0 Å². The van der Waals surface area contributed by atoms with Crippen molar-refractivity contribution in [1.82, 2.24) is 20.3 Å². The third-order valence-corrected chi connectivity index (χ3v) is 5.35. The predicted molar refractivity (Wildman–Crippen MR) is 82.5 cm³/mol. The van der Waals surface area contributed by atoms with Gasteiger partial charge in [-0.15, -0.1) is 5.10 Å². The number of halogens is 2. The minimum absolute atomic E-state index is 0.329. The van der Waals surface area contributed by atoms with E-state index < -0.39 is 0 Å². The monoisotopic (exact) mass is 320 g/mol. The second-order valence-corrected chi connectivity index (χ2v) is 7.00. The standard InChI is InChI=1S/C16H18ClFN4/c17-14-6-11(18)2-3-15(14)22-10-13(20-21-22)9-19-12-7-16(8-12)4-1-5-16/h2-3,6,10,12,19H,1,4-5,7-9H2. The highest BCUT2D eigenvalue weighted by molar-refractivity contribution is 6.32. The number of nitrogens with one attached hydrogen (secondary N) is 1. The molecule has 1 heterocycles. The van der Waals surface area contributed by atoms with Gasteiger partial charge in [-0.1, -0.05) is 23.2 Å². The smallest absolute Gasteiger partial charge is 0.124 e. The van der Waals surface area contributed by atoms with Crippen LogP contribution < -0.4 is 5.32 Å². The topological polar surface area (TPSA) is 42.7 Å². The van der Waals surface area contributed by atoms with Gasteiger partial charge in [0.2, 0.25) is 0 Å². The minimum atomic E-state index is -0.356. The van der Waals surface area contributed by atoms with Crippen molar-refractivity contribution in [2.75, 3.05) is 0 Å². The van der Waals surface area contributed by atoms with Crippen molar-refractivity contribution in [3.05, 3.63) is 40.9 Å². The average Bonchev–Trinajstić information content (AvgIpc) is 2.83. The molecule has 6 heteroatoms. The van der Waals surface area contributed by atoms with Crippen LogP contribution in [-0.2, 0) is 6.54 Å². The molecule has 0 atom stereocenters. The lowest BCUT2D eigenvalue weighted by Crippen LogP contribution is -2.51. The third kappa shape index (κ3) is 2.52. The lowest BCUT2D eigenvalue weighted by atomic mass is 9.54. The molecule has 22 heavy (non-hydrogen) atoms. The van der Waals surface area contributed by atoms with E-state index in [1.165, 1.54) is 44.2 Å². The number of nitrogens with zero attached hydrogens (tertiary/aromatic N) is 3. The second-order valence-electron chi connectivity index (χ2n) is 6.59. The first-order chi connectivity index (χ1) is 10.6. The summed E-state index contributed by atoms with van der Waals surface area (Å²) in [5.41, 5.74) is 2.19. The van der Waals surface area contributed by atoms with Crippen molar-refractivity contribution in [3.8, 4) is 5.69 Å². The maximum atomic E-state index is 13.1. The van der Waals surface area contributed by atoms with E-state index in [4.69, 9.17) is 11.6 Å². The Bertz CT molecular complexity index is 687. The highest BCUT2D eigenvalue weighted by Gasteiger charge is 2.47. The van der Waals surface area contributed by atoms with E-state index in [1.807, 2.05) is 6.20 Å². The Balaban J connectivity index is 1.37. The lowest BCUT2D eigenvalue weighted by Gasteiger charge is -2.54. The summed E-state index contributed by atoms with van der Waals surface area (Å²) >= 11 is 6.04. The summed E-state index contributed by atoms with van der Waals surface area (Å²) in [5, 5.41) is 12.1. The van der Waals surface area contributed by atoms with Crippen LogP contribution in [0.1, 0.15) is 37.8 Å². The summed E-state index contributed by atoms with van der Waals surface area (Å²) in [6, 6.07) is 4.87. The Labute approximate surface area is 133 Å². The van der Waals surface area contributed by atoms with Crippen LogP contribution in [0.25, 0.3) is 5.69 Å². The van der Waals surface area contributed by atoms with Crippen molar-refractivity contribution in [3.63, 3.8) is 0 Å². The number of benzene rings is 1. The van der Waals surface area contributed by atoms with Crippen molar-refractivity contribution < 1.29 is 4.39 Å². The van der Waals surface area contributed by atoms with Crippen LogP contribution >= 0.6 is 11.6 Å². The molecule has 4 rings (SSSR count). The Kier molecular flexibility index (Phi) is 3.42. The predicted octanol–water partition coefficient (Wildman–Crippen LogP) is 3.48. The van der Waals surface area contributed by atoms with Crippen molar-refractivity contribution in [2.45, 2.75) is 44.7 Å².